The van der Waals surface area contributed by atoms with Crippen LogP contribution in [0.5, 0.6) is 0 Å². The Morgan fingerprint density at radius 1 is 1.41 bits per heavy atom. The van der Waals surface area contributed by atoms with Gasteiger partial charge in [-0.05, 0) is 45.0 Å². The van der Waals surface area contributed by atoms with Gasteiger partial charge in [-0.15, -0.1) is 0 Å². The zero-order chi connectivity index (χ0) is 13.1. The number of esters is 1. The summed E-state index contributed by atoms with van der Waals surface area (Å²) in [7, 11) is 0. The van der Waals surface area contributed by atoms with E-state index in [9.17, 15) is 9.18 Å². The summed E-state index contributed by atoms with van der Waals surface area (Å²) >= 11 is 5.72. The maximum Gasteiger partial charge on any atom is 0.331 e. The fourth-order valence-corrected chi connectivity index (χ4v) is 1.32. The maximum atomic E-state index is 13.3. The number of carbonyl (C=O) groups is 1. The van der Waals surface area contributed by atoms with Crippen LogP contribution in [0, 0.1) is 5.82 Å². The van der Waals surface area contributed by atoms with Gasteiger partial charge in [-0.1, -0.05) is 11.6 Å². The second-order valence-electron chi connectivity index (χ2n) is 4.53. The topological polar surface area (TPSA) is 26.3 Å². The molecule has 0 N–H and O–H groups in total. The van der Waals surface area contributed by atoms with Gasteiger partial charge in [0.2, 0.25) is 0 Å². The minimum Gasteiger partial charge on any atom is -0.457 e. The van der Waals surface area contributed by atoms with Gasteiger partial charge in [0.05, 0.1) is 0 Å². The van der Waals surface area contributed by atoms with Gasteiger partial charge in [0.15, 0.2) is 0 Å². The Kier molecular flexibility index (Phi) is 4.29. The maximum absolute atomic E-state index is 13.3. The van der Waals surface area contributed by atoms with E-state index in [0.29, 0.717) is 5.02 Å². The number of ether oxygens (including phenoxy) is 1. The van der Waals surface area contributed by atoms with Crippen LogP contribution in [0.2, 0.25) is 5.02 Å². The zero-order valence-electron chi connectivity index (χ0n) is 9.96. The first kappa shape index (κ1) is 13.7. The van der Waals surface area contributed by atoms with E-state index in [4.69, 9.17) is 16.3 Å². The molecule has 0 aliphatic carbocycles. The highest BCUT2D eigenvalue weighted by Crippen LogP contribution is 2.16. The monoisotopic (exact) mass is 256 g/mol. The molecule has 92 valence electrons. The molecule has 0 radical (unpaired) electrons. The van der Waals surface area contributed by atoms with E-state index in [2.05, 4.69) is 0 Å². The molecule has 0 aromatic heterocycles. The Bertz CT molecular complexity index is 447. The fourth-order valence-electron chi connectivity index (χ4n) is 1.14. The summed E-state index contributed by atoms with van der Waals surface area (Å²) in [5.41, 5.74) is -0.308. The molecule has 0 atom stereocenters. The third-order valence-corrected chi connectivity index (χ3v) is 2.00. The summed E-state index contributed by atoms with van der Waals surface area (Å²) in [6.45, 7) is 5.29. The molecule has 0 saturated heterocycles. The van der Waals surface area contributed by atoms with Crippen LogP contribution in [0.4, 0.5) is 4.39 Å². The molecule has 0 spiro atoms. The van der Waals surface area contributed by atoms with Crippen LogP contribution in [0.3, 0.4) is 0 Å². The van der Waals surface area contributed by atoms with Crippen molar-refractivity contribution in [3.63, 3.8) is 0 Å². The molecule has 1 rings (SSSR count). The Morgan fingerprint density at radius 3 is 2.65 bits per heavy atom. The molecule has 1 aromatic carbocycles. The Morgan fingerprint density at radius 2 is 2.06 bits per heavy atom. The summed E-state index contributed by atoms with van der Waals surface area (Å²) in [4.78, 5) is 11.4. The number of carbonyl (C=O) groups excluding carboxylic acids is 1. The zero-order valence-corrected chi connectivity index (χ0v) is 10.7. The predicted molar refractivity (Wildman–Crippen MR) is 66.3 cm³/mol. The van der Waals surface area contributed by atoms with E-state index in [1.165, 1.54) is 30.4 Å². The first-order valence-corrected chi connectivity index (χ1v) is 5.52. The van der Waals surface area contributed by atoms with E-state index >= 15 is 0 Å². The number of rotatable bonds is 2. The van der Waals surface area contributed by atoms with E-state index in [0.717, 1.165) is 0 Å². The smallest absolute Gasteiger partial charge is 0.331 e. The molecule has 2 nitrogen and oxygen atoms in total. The van der Waals surface area contributed by atoms with Gasteiger partial charge in [-0.3, -0.25) is 0 Å². The summed E-state index contributed by atoms with van der Waals surface area (Å²) in [5, 5.41) is 0.412. The lowest BCUT2D eigenvalue weighted by Gasteiger charge is -2.17. The van der Waals surface area contributed by atoms with E-state index in [1.54, 1.807) is 20.8 Å². The minimum absolute atomic E-state index is 0.253. The normalized spacial score (nSPS) is 11.8. The predicted octanol–water partition coefficient (Wildman–Crippen LogP) is 3.83. The Labute approximate surface area is 105 Å². The van der Waals surface area contributed by atoms with E-state index in [1.807, 2.05) is 0 Å². The first-order chi connectivity index (χ1) is 7.78. The van der Waals surface area contributed by atoms with Crippen molar-refractivity contribution in [2.45, 2.75) is 26.4 Å². The van der Waals surface area contributed by atoms with Gasteiger partial charge in [0.1, 0.15) is 11.4 Å². The summed E-state index contributed by atoms with van der Waals surface area (Å²) in [6.07, 6.45) is 2.52. The SMILES string of the molecule is CC(C)(C)OC(=O)/C=C/c1cc(Cl)ccc1F. The van der Waals surface area contributed by atoms with Crippen LogP contribution in [0.1, 0.15) is 26.3 Å². The Balaban J connectivity index is 2.77. The number of benzene rings is 1. The van der Waals surface area contributed by atoms with Crippen molar-refractivity contribution in [1.82, 2.24) is 0 Å². The van der Waals surface area contributed by atoms with Gasteiger partial charge >= 0.3 is 5.97 Å². The second-order valence-corrected chi connectivity index (χ2v) is 4.97. The van der Waals surface area contributed by atoms with Crippen LogP contribution in [0.15, 0.2) is 24.3 Å². The molecule has 0 heterocycles. The third kappa shape index (κ3) is 5.00. The van der Waals surface area contributed by atoms with Gasteiger partial charge in [-0.25, -0.2) is 9.18 Å². The highest BCUT2D eigenvalue weighted by molar-refractivity contribution is 6.30. The van der Waals surface area contributed by atoms with Crippen molar-refractivity contribution in [1.29, 1.82) is 0 Å². The van der Waals surface area contributed by atoms with Crippen molar-refractivity contribution in [2.75, 3.05) is 0 Å². The van der Waals surface area contributed by atoms with Crippen molar-refractivity contribution in [3.05, 3.63) is 40.7 Å². The van der Waals surface area contributed by atoms with Crippen LogP contribution in [-0.4, -0.2) is 11.6 Å². The molecule has 1 aromatic rings. The van der Waals surface area contributed by atoms with Crippen LogP contribution in [0.25, 0.3) is 6.08 Å². The average molecular weight is 257 g/mol. The lowest BCUT2D eigenvalue weighted by atomic mass is 10.2. The summed E-state index contributed by atoms with van der Waals surface area (Å²) in [5.74, 6) is -0.953. The van der Waals surface area contributed by atoms with Gasteiger partial charge < -0.3 is 4.74 Å². The van der Waals surface area contributed by atoms with E-state index in [-0.39, 0.29) is 5.56 Å². The lowest BCUT2D eigenvalue weighted by Crippen LogP contribution is -2.22. The molecule has 17 heavy (non-hydrogen) atoms. The fraction of sp³-hybridized carbons (Fsp3) is 0.308. The van der Waals surface area contributed by atoms with Crippen molar-refractivity contribution in [2.24, 2.45) is 0 Å². The number of hydrogen-bond donors (Lipinski definition) is 0. The number of hydrogen-bond acceptors (Lipinski definition) is 2. The molecular weight excluding hydrogens is 243 g/mol. The van der Waals surface area contributed by atoms with Crippen molar-refractivity contribution in [3.8, 4) is 0 Å². The number of halogens is 2. The molecule has 0 saturated carbocycles. The highest BCUT2D eigenvalue weighted by Gasteiger charge is 2.13. The second kappa shape index (κ2) is 5.32. The standard InChI is InChI=1S/C13H14ClFO2/c1-13(2,3)17-12(16)7-4-9-8-10(14)5-6-11(9)15/h4-8H,1-3H3/b7-4+. The summed E-state index contributed by atoms with van der Waals surface area (Å²) < 4.78 is 18.3. The first-order valence-electron chi connectivity index (χ1n) is 5.14. The highest BCUT2D eigenvalue weighted by atomic mass is 35.5. The van der Waals surface area contributed by atoms with Crippen LogP contribution >= 0.6 is 11.6 Å². The molecule has 0 bridgehead atoms. The van der Waals surface area contributed by atoms with Crippen LogP contribution < -0.4 is 0 Å². The third-order valence-electron chi connectivity index (χ3n) is 1.76. The molecule has 0 fully saturated rings. The van der Waals surface area contributed by atoms with Crippen molar-refractivity contribution < 1.29 is 13.9 Å². The molecule has 0 aliphatic heterocycles. The minimum atomic E-state index is -0.561. The molecule has 0 unspecified atom stereocenters. The molecular formula is C13H14ClFO2. The molecule has 0 amide bonds. The van der Waals surface area contributed by atoms with Gasteiger partial charge in [-0.2, -0.15) is 0 Å². The van der Waals surface area contributed by atoms with Crippen LogP contribution in [-0.2, 0) is 9.53 Å². The summed E-state index contributed by atoms with van der Waals surface area (Å²) in [6, 6.07) is 4.14. The average Bonchev–Trinajstić information content (AvgIpc) is 2.17. The lowest BCUT2D eigenvalue weighted by molar-refractivity contribution is -0.148. The van der Waals surface area contributed by atoms with Gasteiger partial charge in [0, 0.05) is 16.7 Å². The quantitative estimate of drug-likeness (QED) is 0.594. The van der Waals surface area contributed by atoms with Gasteiger partial charge in [0.25, 0.3) is 0 Å². The van der Waals surface area contributed by atoms with Crippen molar-refractivity contribution >= 4 is 23.6 Å². The molecule has 4 heteroatoms. The largest absolute Gasteiger partial charge is 0.457 e. The molecule has 0 aliphatic rings. The van der Waals surface area contributed by atoms with E-state index < -0.39 is 17.4 Å². The Hall–Kier alpha value is -1.35.